The van der Waals surface area contributed by atoms with Gasteiger partial charge in [-0.05, 0) is 87.9 Å². The maximum atomic E-state index is 14.4. The summed E-state index contributed by atoms with van der Waals surface area (Å²) < 4.78 is 52.3. The molecule has 3 heterocycles. The summed E-state index contributed by atoms with van der Waals surface area (Å²) in [6.07, 6.45) is 2.22. The van der Waals surface area contributed by atoms with Crippen LogP contribution in [0.15, 0.2) is 36.5 Å². The average molecular weight is 654 g/mol. The molecule has 0 radical (unpaired) electrons. The summed E-state index contributed by atoms with van der Waals surface area (Å²) >= 11 is 0. The second-order valence-corrected chi connectivity index (χ2v) is 14.5. The maximum absolute atomic E-state index is 14.4. The number of ether oxygens (including phenoxy) is 4. The van der Waals surface area contributed by atoms with Crippen molar-refractivity contribution in [1.29, 1.82) is 0 Å². The molecule has 2 aliphatic heterocycles. The van der Waals surface area contributed by atoms with Gasteiger partial charge in [-0.25, -0.2) is 18.4 Å². The van der Waals surface area contributed by atoms with Crippen LogP contribution in [0.1, 0.15) is 79.5 Å². The Bertz CT molecular complexity index is 1670. The van der Waals surface area contributed by atoms with Gasteiger partial charge in [0.25, 0.3) is 0 Å². The Morgan fingerprint density at radius 2 is 1.85 bits per heavy atom. The predicted octanol–water partition coefficient (Wildman–Crippen LogP) is 7.34. The second kappa shape index (κ2) is 12.4. The molecule has 0 unspecified atom stereocenters. The van der Waals surface area contributed by atoms with Crippen molar-refractivity contribution in [3.63, 3.8) is 0 Å². The summed E-state index contributed by atoms with van der Waals surface area (Å²) in [7, 11) is 2.98. The third kappa shape index (κ3) is 6.69. The van der Waals surface area contributed by atoms with Crippen LogP contribution < -0.4 is 10.1 Å². The molecule has 9 nitrogen and oxygen atoms in total. The van der Waals surface area contributed by atoms with Gasteiger partial charge in [-0.1, -0.05) is 6.07 Å². The highest BCUT2D eigenvalue weighted by atomic mass is 19.3. The zero-order valence-electron chi connectivity index (χ0n) is 28.1. The summed E-state index contributed by atoms with van der Waals surface area (Å²) in [6.45, 7) is 10.5. The predicted molar refractivity (Wildman–Crippen MR) is 174 cm³/mol. The van der Waals surface area contributed by atoms with E-state index >= 15 is 0 Å². The van der Waals surface area contributed by atoms with E-state index < -0.39 is 29.0 Å². The minimum absolute atomic E-state index is 0.121. The van der Waals surface area contributed by atoms with Crippen LogP contribution in [0, 0.1) is 18.3 Å². The number of rotatable bonds is 8. The molecule has 1 aromatic heterocycles. The maximum Gasteiger partial charge on any atom is 0.419 e. The molecule has 1 saturated carbocycles. The Morgan fingerprint density at radius 1 is 1.11 bits per heavy atom. The van der Waals surface area contributed by atoms with E-state index in [0.29, 0.717) is 62.9 Å². The molecule has 2 saturated heterocycles. The number of alkyl halides is 2. The van der Waals surface area contributed by atoms with Gasteiger partial charge < -0.3 is 24.3 Å². The lowest BCUT2D eigenvalue weighted by atomic mass is 9.58. The lowest BCUT2D eigenvalue weighted by molar-refractivity contribution is -0.186. The third-order valence-electron chi connectivity index (χ3n) is 9.79. The molecular formula is C36H45F2N3O6. The van der Waals surface area contributed by atoms with Crippen molar-refractivity contribution in [3.05, 3.63) is 58.8 Å². The molecule has 3 aliphatic rings. The largest absolute Gasteiger partial charge is 0.496 e. The Labute approximate surface area is 274 Å². The highest BCUT2D eigenvalue weighted by Crippen LogP contribution is 2.61. The number of benzene rings is 2. The van der Waals surface area contributed by atoms with Gasteiger partial charge in [0.15, 0.2) is 0 Å². The molecule has 3 aromatic rings. The fourth-order valence-corrected chi connectivity index (χ4v) is 7.52. The second-order valence-electron chi connectivity index (χ2n) is 14.5. The minimum Gasteiger partial charge on any atom is -0.496 e. The molecule has 47 heavy (non-hydrogen) atoms. The van der Waals surface area contributed by atoms with Crippen molar-refractivity contribution in [2.75, 3.05) is 45.8 Å². The molecule has 0 bridgehead atoms. The molecule has 1 atom stereocenters. The third-order valence-corrected chi connectivity index (χ3v) is 9.79. The number of hydrogen-bond donors (Lipinski definition) is 1. The molecule has 11 heteroatoms. The van der Waals surface area contributed by atoms with E-state index in [-0.39, 0.29) is 18.9 Å². The molecule has 2 aromatic carbocycles. The highest BCUT2D eigenvalue weighted by molar-refractivity contribution is 5.95. The number of methoxy groups -OCH3 is 2. The Hall–Kier alpha value is -3.70. The number of fused-ring (bicyclic) bond motifs is 1. The van der Waals surface area contributed by atoms with Crippen LogP contribution in [0.3, 0.4) is 0 Å². The summed E-state index contributed by atoms with van der Waals surface area (Å²) in [4.78, 5) is 28.1. The van der Waals surface area contributed by atoms with E-state index in [0.717, 1.165) is 33.3 Å². The molecule has 0 amide bonds. The molecule has 1 aliphatic carbocycles. The number of carbonyl (C=O) groups excluding carboxylic acids is 2. The van der Waals surface area contributed by atoms with Crippen LogP contribution in [0.5, 0.6) is 5.75 Å². The summed E-state index contributed by atoms with van der Waals surface area (Å²) in [6, 6.07) is 9.11. The van der Waals surface area contributed by atoms with E-state index in [4.69, 9.17) is 18.9 Å². The van der Waals surface area contributed by atoms with E-state index in [9.17, 15) is 18.4 Å². The van der Waals surface area contributed by atoms with Crippen molar-refractivity contribution in [1.82, 2.24) is 9.47 Å². The number of nitrogens with one attached hydrogen (secondary N) is 1. The average Bonchev–Trinajstić information content (AvgIpc) is 3.42. The van der Waals surface area contributed by atoms with Gasteiger partial charge in [0.2, 0.25) is 5.92 Å². The topological polar surface area (TPSA) is 91.3 Å². The first-order chi connectivity index (χ1) is 22.2. The van der Waals surface area contributed by atoms with Crippen molar-refractivity contribution < 1.29 is 37.3 Å². The number of aryl methyl sites for hydroxylation is 1. The van der Waals surface area contributed by atoms with Crippen LogP contribution in [0.4, 0.5) is 19.3 Å². The van der Waals surface area contributed by atoms with Gasteiger partial charge in [-0.15, -0.1) is 0 Å². The number of hydrogen-bond acceptors (Lipinski definition) is 8. The first kappa shape index (κ1) is 33.2. The van der Waals surface area contributed by atoms with Crippen molar-refractivity contribution in [2.45, 2.75) is 77.5 Å². The van der Waals surface area contributed by atoms with Crippen LogP contribution >= 0.6 is 0 Å². The lowest BCUT2D eigenvalue weighted by Crippen LogP contribution is -2.53. The van der Waals surface area contributed by atoms with Gasteiger partial charge in [-0.3, -0.25) is 9.47 Å². The number of carbonyl (C=O) groups is 2. The Balaban J connectivity index is 1.40. The lowest BCUT2D eigenvalue weighted by Gasteiger charge is -2.55. The summed E-state index contributed by atoms with van der Waals surface area (Å²) in [5, 5.41) is 4.41. The van der Waals surface area contributed by atoms with E-state index in [1.165, 1.54) is 11.7 Å². The summed E-state index contributed by atoms with van der Waals surface area (Å²) in [5.74, 6) is -2.05. The van der Waals surface area contributed by atoms with Gasteiger partial charge in [-0.2, -0.15) is 0 Å². The quantitative estimate of drug-likeness (QED) is 0.253. The first-order valence-corrected chi connectivity index (χ1v) is 16.3. The van der Waals surface area contributed by atoms with Gasteiger partial charge in [0.1, 0.15) is 11.4 Å². The molecular weight excluding hydrogens is 608 g/mol. The highest BCUT2D eigenvalue weighted by Gasteiger charge is 2.58. The summed E-state index contributed by atoms with van der Waals surface area (Å²) in [5.41, 5.74) is 3.54. The van der Waals surface area contributed by atoms with Crippen LogP contribution in [-0.4, -0.2) is 73.6 Å². The molecule has 1 spiro atoms. The Morgan fingerprint density at radius 3 is 2.47 bits per heavy atom. The van der Waals surface area contributed by atoms with Gasteiger partial charge >= 0.3 is 12.1 Å². The van der Waals surface area contributed by atoms with Crippen LogP contribution in [-0.2, 0) is 20.8 Å². The number of nitrogens with zero attached hydrogens (tertiary/aromatic N) is 2. The Kier molecular flexibility index (Phi) is 8.76. The smallest absolute Gasteiger partial charge is 0.419 e. The number of halogens is 2. The zero-order valence-corrected chi connectivity index (χ0v) is 28.1. The number of piperidine rings is 1. The first-order valence-electron chi connectivity index (χ1n) is 16.3. The molecule has 6 rings (SSSR count). The van der Waals surface area contributed by atoms with E-state index in [2.05, 4.69) is 10.2 Å². The van der Waals surface area contributed by atoms with Crippen molar-refractivity contribution >= 4 is 28.7 Å². The SMILES string of the molecule is COC(=O)c1ccc([C@@H]2CC3(CCN2Cc2c(OC)cc(C)c4c2ccn4C(=O)OC(C)(C)C)CC(F)(F)C3)c(NCC2COC2)c1. The van der Waals surface area contributed by atoms with Crippen molar-refractivity contribution in [2.24, 2.45) is 11.3 Å². The molecule has 1 N–H and O–H groups in total. The molecule has 254 valence electrons. The van der Waals surface area contributed by atoms with Crippen molar-refractivity contribution in [3.8, 4) is 5.75 Å². The van der Waals surface area contributed by atoms with Gasteiger partial charge in [0.05, 0.1) is 38.5 Å². The molecule has 3 fully saturated rings. The number of anilines is 1. The fourth-order valence-electron chi connectivity index (χ4n) is 7.52. The fraction of sp³-hybridized carbons (Fsp3) is 0.556. The van der Waals surface area contributed by atoms with Gasteiger partial charge in [0, 0.05) is 60.7 Å². The van der Waals surface area contributed by atoms with Crippen LogP contribution in [0.25, 0.3) is 10.9 Å². The van der Waals surface area contributed by atoms with E-state index in [1.54, 1.807) is 25.4 Å². The number of likely N-dealkylation sites (tertiary alicyclic amines) is 1. The standard InChI is InChI=1S/C36H45F2N3O6/c1-22-13-30(44-5)27(25-9-11-41(31(22)25)33(43)47-34(2,3)4)17-40-12-10-35(20-36(37,38)21-35)15-29(40)26-8-7-24(32(42)45-6)14-28(26)39-16-23-18-46-19-23/h7-9,11,13-14,23,29,39H,10,12,15-21H2,1-6H3/t29-/m0/s1. The monoisotopic (exact) mass is 653 g/mol. The van der Waals surface area contributed by atoms with E-state index in [1.807, 2.05) is 45.9 Å². The minimum atomic E-state index is -2.65. The number of esters is 1. The van der Waals surface area contributed by atoms with Crippen LogP contribution in [0.2, 0.25) is 0 Å². The zero-order chi connectivity index (χ0) is 33.7. The number of aromatic nitrogens is 1. The normalized spacial score (nSPS) is 20.8.